The summed E-state index contributed by atoms with van der Waals surface area (Å²) >= 11 is 0. The Bertz CT molecular complexity index is 1130. The van der Waals surface area contributed by atoms with E-state index in [-0.39, 0.29) is 11.9 Å². The molecular formula is C25H31N5O3. The van der Waals surface area contributed by atoms with Gasteiger partial charge >= 0.3 is 0 Å². The number of carbonyl (C=O) groups excluding carboxylic acids is 1. The summed E-state index contributed by atoms with van der Waals surface area (Å²) < 4.78 is 12.7. The summed E-state index contributed by atoms with van der Waals surface area (Å²) in [6.07, 6.45) is 5.79. The van der Waals surface area contributed by atoms with Crippen LogP contribution in [0.2, 0.25) is 0 Å². The zero-order valence-corrected chi connectivity index (χ0v) is 19.3. The lowest BCUT2D eigenvalue weighted by molar-refractivity contribution is 0.0903. The second-order valence-electron chi connectivity index (χ2n) is 8.78. The standard InChI is InChI=1S/C25H31N5O3/c1-3-30-24-20(15-27-30)23(28-18-10-12-33-13-11-18)21(22(29-24)17-6-7-17)25(31)26-14-16-4-8-19(32-2)9-5-16/h4-5,8-9,15,17-18H,3,6-7,10-14H2,1-2H3,(H,26,31)(H,28,29). The normalized spacial score (nSPS) is 16.7. The van der Waals surface area contributed by atoms with E-state index in [0.717, 1.165) is 79.2 Å². The molecule has 3 heterocycles. The largest absolute Gasteiger partial charge is 0.497 e. The van der Waals surface area contributed by atoms with Crippen LogP contribution in [0.25, 0.3) is 11.0 Å². The third-order valence-electron chi connectivity index (χ3n) is 6.49. The lowest BCUT2D eigenvalue weighted by Gasteiger charge is -2.26. The van der Waals surface area contributed by atoms with Crippen LogP contribution in [0.3, 0.4) is 0 Å². The van der Waals surface area contributed by atoms with Crippen LogP contribution >= 0.6 is 0 Å². The number of pyridine rings is 1. The number of hydrogen-bond donors (Lipinski definition) is 2. The van der Waals surface area contributed by atoms with E-state index in [0.29, 0.717) is 18.0 Å². The van der Waals surface area contributed by atoms with Crippen molar-refractivity contribution >= 4 is 22.6 Å². The molecule has 174 valence electrons. The van der Waals surface area contributed by atoms with Gasteiger partial charge < -0.3 is 20.1 Å². The molecule has 2 aliphatic rings. The van der Waals surface area contributed by atoms with Gasteiger partial charge in [-0.15, -0.1) is 0 Å². The van der Waals surface area contributed by atoms with Crippen LogP contribution < -0.4 is 15.4 Å². The molecule has 2 N–H and O–H groups in total. The summed E-state index contributed by atoms with van der Waals surface area (Å²) in [7, 11) is 1.65. The molecule has 0 spiro atoms. The highest BCUT2D eigenvalue weighted by molar-refractivity contribution is 6.08. The number of anilines is 1. The minimum absolute atomic E-state index is 0.0964. The van der Waals surface area contributed by atoms with Crippen molar-refractivity contribution in [3.05, 3.63) is 47.3 Å². The number of rotatable bonds is 8. The monoisotopic (exact) mass is 449 g/mol. The van der Waals surface area contributed by atoms with Crippen molar-refractivity contribution in [3.63, 3.8) is 0 Å². The van der Waals surface area contributed by atoms with Crippen LogP contribution in [0.4, 0.5) is 5.69 Å². The second kappa shape index (κ2) is 9.39. The highest BCUT2D eigenvalue weighted by Crippen LogP contribution is 2.44. The van der Waals surface area contributed by atoms with Gasteiger partial charge in [-0.3, -0.25) is 4.79 Å². The molecule has 1 aliphatic heterocycles. The molecule has 1 saturated carbocycles. The first-order chi connectivity index (χ1) is 16.2. The number of fused-ring (bicyclic) bond motifs is 1. The Kier molecular flexibility index (Phi) is 6.17. The van der Waals surface area contributed by atoms with Crippen LogP contribution in [-0.2, 0) is 17.8 Å². The molecule has 1 aliphatic carbocycles. The molecule has 0 radical (unpaired) electrons. The molecule has 1 aromatic carbocycles. The SMILES string of the molecule is CCn1ncc2c(NC3CCOCC3)c(C(=O)NCc3ccc(OC)cc3)c(C3CC3)nc21. The smallest absolute Gasteiger partial charge is 0.255 e. The Morgan fingerprint density at radius 1 is 1.18 bits per heavy atom. The van der Waals surface area contributed by atoms with Gasteiger partial charge in [0.2, 0.25) is 0 Å². The van der Waals surface area contributed by atoms with E-state index in [1.54, 1.807) is 7.11 Å². The number of nitrogens with zero attached hydrogens (tertiary/aromatic N) is 3. The van der Waals surface area contributed by atoms with Gasteiger partial charge in [0.05, 0.1) is 35.6 Å². The number of aromatic nitrogens is 3. The molecule has 33 heavy (non-hydrogen) atoms. The summed E-state index contributed by atoms with van der Waals surface area (Å²) in [5.74, 6) is 1.03. The fourth-order valence-electron chi connectivity index (χ4n) is 4.43. The maximum absolute atomic E-state index is 13.6. The van der Waals surface area contributed by atoms with Crippen molar-refractivity contribution in [1.29, 1.82) is 0 Å². The Balaban J connectivity index is 1.51. The number of benzene rings is 1. The van der Waals surface area contributed by atoms with Gasteiger partial charge in [-0.1, -0.05) is 12.1 Å². The summed E-state index contributed by atoms with van der Waals surface area (Å²) in [6.45, 7) is 4.70. The Morgan fingerprint density at radius 3 is 2.61 bits per heavy atom. The average Bonchev–Trinajstić information content (AvgIpc) is 3.62. The van der Waals surface area contributed by atoms with E-state index in [9.17, 15) is 4.79 Å². The van der Waals surface area contributed by atoms with Gasteiger partial charge in [-0.25, -0.2) is 9.67 Å². The fraction of sp³-hybridized carbons (Fsp3) is 0.480. The molecule has 2 fully saturated rings. The van der Waals surface area contributed by atoms with Gasteiger partial charge in [0.15, 0.2) is 5.65 Å². The van der Waals surface area contributed by atoms with Gasteiger partial charge in [0.1, 0.15) is 5.75 Å². The van der Waals surface area contributed by atoms with Crippen molar-refractivity contribution in [1.82, 2.24) is 20.1 Å². The summed E-state index contributed by atoms with van der Waals surface area (Å²) in [5.41, 5.74) is 4.28. The molecule has 0 unspecified atom stereocenters. The zero-order chi connectivity index (χ0) is 22.8. The summed E-state index contributed by atoms with van der Waals surface area (Å²) in [6, 6.07) is 8.00. The van der Waals surface area contributed by atoms with E-state index in [4.69, 9.17) is 14.5 Å². The van der Waals surface area contributed by atoms with Crippen LogP contribution in [0.1, 0.15) is 60.1 Å². The Labute approximate surface area is 193 Å². The molecule has 1 amide bonds. The molecule has 2 aromatic heterocycles. The maximum Gasteiger partial charge on any atom is 0.255 e. The molecule has 3 aromatic rings. The molecular weight excluding hydrogens is 418 g/mol. The first-order valence-electron chi connectivity index (χ1n) is 11.8. The molecule has 8 nitrogen and oxygen atoms in total. The first kappa shape index (κ1) is 21.7. The summed E-state index contributed by atoms with van der Waals surface area (Å²) in [5, 5.41) is 12.3. The molecule has 8 heteroatoms. The lowest BCUT2D eigenvalue weighted by Crippen LogP contribution is -2.31. The zero-order valence-electron chi connectivity index (χ0n) is 19.3. The van der Waals surface area contributed by atoms with Crippen molar-refractivity contribution < 1.29 is 14.3 Å². The predicted molar refractivity (Wildman–Crippen MR) is 127 cm³/mol. The highest BCUT2D eigenvalue weighted by Gasteiger charge is 2.34. The molecule has 0 atom stereocenters. The number of carbonyl (C=O) groups is 1. The van der Waals surface area contributed by atoms with E-state index >= 15 is 0 Å². The Morgan fingerprint density at radius 2 is 1.94 bits per heavy atom. The van der Waals surface area contributed by atoms with Gasteiger partial charge in [-0.05, 0) is 50.3 Å². The van der Waals surface area contributed by atoms with Crippen molar-refractivity contribution in [3.8, 4) is 5.75 Å². The number of amides is 1. The minimum atomic E-state index is -0.0964. The average molecular weight is 450 g/mol. The number of hydrogen-bond acceptors (Lipinski definition) is 6. The molecule has 1 saturated heterocycles. The van der Waals surface area contributed by atoms with Crippen molar-refractivity contribution in [2.45, 2.75) is 57.7 Å². The van der Waals surface area contributed by atoms with Crippen LogP contribution in [0, 0.1) is 0 Å². The molecule has 0 bridgehead atoms. The number of aryl methyl sites for hydroxylation is 1. The van der Waals surface area contributed by atoms with Crippen molar-refractivity contribution in [2.24, 2.45) is 0 Å². The second-order valence-corrected chi connectivity index (χ2v) is 8.78. The van der Waals surface area contributed by atoms with Gasteiger partial charge in [-0.2, -0.15) is 5.10 Å². The predicted octanol–water partition coefficient (Wildman–Crippen LogP) is 3.86. The van der Waals surface area contributed by atoms with E-state index in [2.05, 4.69) is 22.7 Å². The van der Waals surface area contributed by atoms with E-state index < -0.39 is 0 Å². The molecule has 5 rings (SSSR count). The van der Waals surface area contributed by atoms with Crippen molar-refractivity contribution in [2.75, 3.05) is 25.6 Å². The maximum atomic E-state index is 13.6. The lowest BCUT2D eigenvalue weighted by atomic mass is 10.0. The minimum Gasteiger partial charge on any atom is -0.497 e. The summed E-state index contributed by atoms with van der Waals surface area (Å²) in [4.78, 5) is 18.6. The van der Waals surface area contributed by atoms with Crippen LogP contribution in [-0.4, -0.2) is 47.0 Å². The van der Waals surface area contributed by atoms with Crippen LogP contribution in [0.15, 0.2) is 30.5 Å². The third-order valence-corrected chi connectivity index (χ3v) is 6.49. The van der Waals surface area contributed by atoms with E-state index in [1.807, 2.05) is 35.1 Å². The topological polar surface area (TPSA) is 90.3 Å². The first-order valence-corrected chi connectivity index (χ1v) is 11.8. The van der Waals surface area contributed by atoms with Gasteiger partial charge in [0, 0.05) is 38.3 Å². The van der Waals surface area contributed by atoms with Gasteiger partial charge in [0.25, 0.3) is 5.91 Å². The number of ether oxygens (including phenoxy) is 2. The highest BCUT2D eigenvalue weighted by atomic mass is 16.5. The fourth-order valence-corrected chi connectivity index (χ4v) is 4.43. The Hall–Kier alpha value is -3.13. The van der Waals surface area contributed by atoms with E-state index in [1.165, 1.54) is 0 Å². The number of methoxy groups -OCH3 is 1. The van der Waals surface area contributed by atoms with Crippen LogP contribution in [0.5, 0.6) is 5.75 Å². The quantitative estimate of drug-likeness (QED) is 0.543. The third kappa shape index (κ3) is 4.53. The number of nitrogens with one attached hydrogen (secondary N) is 2.